The van der Waals surface area contributed by atoms with Crippen LogP contribution >= 0.6 is 15.9 Å². The molecular weight excluding hydrogens is 298 g/mol. The van der Waals surface area contributed by atoms with Gasteiger partial charge in [-0.1, -0.05) is 60.1 Å². The fourth-order valence-electron chi connectivity index (χ4n) is 2.16. The first kappa shape index (κ1) is 14.1. The molecule has 2 heteroatoms. The van der Waals surface area contributed by atoms with Gasteiger partial charge in [-0.3, -0.25) is 0 Å². The van der Waals surface area contributed by atoms with Crippen LogP contribution in [0, 0.1) is 5.92 Å². The second-order valence-electron chi connectivity index (χ2n) is 5.24. The lowest BCUT2D eigenvalue weighted by Crippen LogP contribution is -2.27. The third-order valence-corrected chi connectivity index (χ3v) is 3.52. The van der Waals surface area contributed by atoms with Gasteiger partial charge in [0.05, 0.1) is 0 Å². The van der Waals surface area contributed by atoms with E-state index in [1.165, 1.54) is 11.3 Å². The van der Waals surface area contributed by atoms with Gasteiger partial charge in [-0.05, 0) is 35.7 Å². The Kier molecular flexibility index (Phi) is 5.03. The van der Waals surface area contributed by atoms with Gasteiger partial charge < -0.3 is 4.90 Å². The molecule has 2 aromatic rings. The maximum Gasteiger partial charge on any atom is 0.0429 e. The Labute approximate surface area is 124 Å². The van der Waals surface area contributed by atoms with Crippen LogP contribution in [-0.4, -0.2) is 6.54 Å². The summed E-state index contributed by atoms with van der Waals surface area (Å²) in [6.45, 7) is 6.55. The Morgan fingerprint density at radius 2 is 1.58 bits per heavy atom. The predicted molar refractivity (Wildman–Crippen MR) is 86.5 cm³/mol. The van der Waals surface area contributed by atoms with Crippen LogP contribution in [0.3, 0.4) is 0 Å². The summed E-state index contributed by atoms with van der Waals surface area (Å²) < 4.78 is 1.13. The molecule has 0 aromatic heterocycles. The molecular formula is C17H20BrN. The SMILES string of the molecule is CC(C)CN(Cc1ccccc1)c1ccc(Br)cc1. The smallest absolute Gasteiger partial charge is 0.0429 e. The molecule has 0 aliphatic carbocycles. The number of nitrogens with zero attached hydrogens (tertiary/aromatic N) is 1. The summed E-state index contributed by atoms with van der Waals surface area (Å²) in [4.78, 5) is 2.44. The number of hydrogen-bond acceptors (Lipinski definition) is 1. The molecule has 0 saturated heterocycles. The highest BCUT2D eigenvalue weighted by Gasteiger charge is 2.09. The van der Waals surface area contributed by atoms with E-state index in [1.807, 2.05) is 0 Å². The van der Waals surface area contributed by atoms with E-state index in [1.54, 1.807) is 0 Å². The van der Waals surface area contributed by atoms with Crippen LogP contribution in [0.1, 0.15) is 19.4 Å². The third kappa shape index (κ3) is 4.39. The second kappa shape index (κ2) is 6.76. The molecule has 2 aromatic carbocycles. The molecule has 0 aliphatic heterocycles. The first-order valence-corrected chi connectivity index (χ1v) is 7.49. The zero-order chi connectivity index (χ0) is 13.7. The van der Waals surface area contributed by atoms with Crippen molar-refractivity contribution in [2.24, 2.45) is 5.92 Å². The standard InChI is InChI=1S/C17H20BrN/c1-14(2)12-19(13-15-6-4-3-5-7-15)17-10-8-16(18)9-11-17/h3-11,14H,12-13H2,1-2H3. The Hall–Kier alpha value is -1.28. The van der Waals surface area contributed by atoms with Crippen LogP contribution in [0.2, 0.25) is 0 Å². The van der Waals surface area contributed by atoms with E-state index in [2.05, 4.69) is 89.3 Å². The van der Waals surface area contributed by atoms with Crippen LogP contribution < -0.4 is 4.90 Å². The van der Waals surface area contributed by atoms with Gasteiger partial charge in [0.2, 0.25) is 0 Å². The van der Waals surface area contributed by atoms with E-state index in [0.717, 1.165) is 17.6 Å². The van der Waals surface area contributed by atoms with Crippen molar-refractivity contribution in [1.82, 2.24) is 0 Å². The minimum absolute atomic E-state index is 0.646. The summed E-state index contributed by atoms with van der Waals surface area (Å²) in [5.41, 5.74) is 2.63. The summed E-state index contributed by atoms with van der Waals surface area (Å²) in [6, 6.07) is 19.2. The molecule has 0 saturated carbocycles. The van der Waals surface area contributed by atoms with E-state index in [9.17, 15) is 0 Å². The van der Waals surface area contributed by atoms with Gasteiger partial charge in [-0.15, -0.1) is 0 Å². The number of hydrogen-bond donors (Lipinski definition) is 0. The van der Waals surface area contributed by atoms with Crippen molar-refractivity contribution in [3.8, 4) is 0 Å². The normalized spacial score (nSPS) is 10.7. The van der Waals surface area contributed by atoms with Crippen molar-refractivity contribution in [1.29, 1.82) is 0 Å². The molecule has 0 radical (unpaired) electrons. The van der Waals surface area contributed by atoms with Crippen LogP contribution in [0.5, 0.6) is 0 Å². The second-order valence-corrected chi connectivity index (χ2v) is 6.15. The Morgan fingerprint density at radius 3 is 2.16 bits per heavy atom. The minimum atomic E-state index is 0.646. The van der Waals surface area contributed by atoms with E-state index >= 15 is 0 Å². The van der Waals surface area contributed by atoms with Gasteiger partial charge in [0, 0.05) is 23.2 Å². The lowest BCUT2D eigenvalue weighted by atomic mass is 10.1. The van der Waals surface area contributed by atoms with Crippen molar-refractivity contribution in [3.63, 3.8) is 0 Å². The van der Waals surface area contributed by atoms with Crippen LogP contribution in [0.25, 0.3) is 0 Å². The maximum absolute atomic E-state index is 3.49. The van der Waals surface area contributed by atoms with E-state index in [-0.39, 0.29) is 0 Å². The third-order valence-electron chi connectivity index (χ3n) is 2.99. The summed E-state index contributed by atoms with van der Waals surface area (Å²) in [6.07, 6.45) is 0. The highest BCUT2D eigenvalue weighted by Crippen LogP contribution is 2.21. The minimum Gasteiger partial charge on any atom is -0.367 e. The molecule has 0 amide bonds. The first-order valence-electron chi connectivity index (χ1n) is 6.69. The van der Waals surface area contributed by atoms with Crippen molar-refractivity contribution >= 4 is 21.6 Å². The summed E-state index contributed by atoms with van der Waals surface area (Å²) in [5.74, 6) is 0.646. The summed E-state index contributed by atoms with van der Waals surface area (Å²) in [5, 5.41) is 0. The average Bonchev–Trinajstić information content (AvgIpc) is 2.39. The van der Waals surface area contributed by atoms with Crippen LogP contribution in [0.15, 0.2) is 59.1 Å². The van der Waals surface area contributed by atoms with Gasteiger partial charge in [-0.2, -0.15) is 0 Å². The van der Waals surface area contributed by atoms with E-state index in [4.69, 9.17) is 0 Å². The highest BCUT2D eigenvalue weighted by atomic mass is 79.9. The predicted octanol–water partition coefficient (Wildman–Crippen LogP) is 5.11. The van der Waals surface area contributed by atoms with E-state index in [0.29, 0.717) is 5.92 Å². The van der Waals surface area contributed by atoms with Crippen molar-refractivity contribution in [2.45, 2.75) is 20.4 Å². The van der Waals surface area contributed by atoms with Gasteiger partial charge in [0.15, 0.2) is 0 Å². The molecule has 2 rings (SSSR count). The molecule has 1 nitrogen and oxygen atoms in total. The van der Waals surface area contributed by atoms with Gasteiger partial charge in [-0.25, -0.2) is 0 Å². The summed E-state index contributed by atoms with van der Waals surface area (Å²) in [7, 11) is 0. The van der Waals surface area contributed by atoms with Gasteiger partial charge in [0.25, 0.3) is 0 Å². The molecule has 0 heterocycles. The lowest BCUT2D eigenvalue weighted by molar-refractivity contribution is 0.609. The van der Waals surface area contributed by atoms with E-state index < -0.39 is 0 Å². The fourth-order valence-corrected chi connectivity index (χ4v) is 2.42. The molecule has 0 spiro atoms. The topological polar surface area (TPSA) is 3.24 Å². The summed E-state index contributed by atoms with van der Waals surface area (Å²) >= 11 is 3.49. The molecule has 0 N–H and O–H groups in total. The molecule has 0 bridgehead atoms. The average molecular weight is 318 g/mol. The Bertz CT molecular complexity index is 490. The van der Waals surface area contributed by atoms with Crippen molar-refractivity contribution < 1.29 is 0 Å². The Morgan fingerprint density at radius 1 is 0.947 bits per heavy atom. The molecule has 19 heavy (non-hydrogen) atoms. The number of anilines is 1. The van der Waals surface area contributed by atoms with Crippen LogP contribution in [0.4, 0.5) is 5.69 Å². The Balaban J connectivity index is 2.18. The fraction of sp³-hybridized carbons (Fsp3) is 0.294. The quantitative estimate of drug-likeness (QED) is 0.740. The van der Waals surface area contributed by atoms with Gasteiger partial charge in [0.1, 0.15) is 0 Å². The van der Waals surface area contributed by atoms with Gasteiger partial charge >= 0.3 is 0 Å². The molecule has 0 unspecified atom stereocenters. The lowest BCUT2D eigenvalue weighted by Gasteiger charge is -2.27. The maximum atomic E-state index is 3.49. The zero-order valence-corrected chi connectivity index (χ0v) is 13.1. The largest absolute Gasteiger partial charge is 0.367 e. The molecule has 0 fully saturated rings. The first-order chi connectivity index (χ1) is 9.15. The molecule has 0 atom stereocenters. The number of halogens is 1. The zero-order valence-electron chi connectivity index (χ0n) is 11.5. The number of rotatable bonds is 5. The van der Waals surface area contributed by atoms with Crippen molar-refractivity contribution in [2.75, 3.05) is 11.4 Å². The molecule has 0 aliphatic rings. The molecule has 100 valence electrons. The van der Waals surface area contributed by atoms with Crippen LogP contribution in [-0.2, 0) is 6.54 Å². The van der Waals surface area contributed by atoms with Crippen molar-refractivity contribution in [3.05, 3.63) is 64.6 Å². The monoisotopic (exact) mass is 317 g/mol. The number of benzene rings is 2. The highest BCUT2D eigenvalue weighted by molar-refractivity contribution is 9.10.